The molecule has 0 aliphatic rings. The van der Waals surface area contributed by atoms with E-state index in [1.165, 1.54) is 270 Å². The first-order chi connectivity index (χ1) is 40.5. The lowest BCUT2D eigenvalue weighted by Crippen LogP contribution is -2.45. The minimum atomic E-state index is -4.60. The molecule has 0 radical (unpaired) electrons. The summed E-state index contributed by atoms with van der Waals surface area (Å²) in [6, 6.07) is -0.887. The summed E-state index contributed by atoms with van der Waals surface area (Å²) >= 11 is 0. The van der Waals surface area contributed by atoms with Gasteiger partial charge < -0.3 is 28.8 Å². The van der Waals surface area contributed by atoms with Crippen molar-refractivity contribution >= 4 is 13.7 Å². The Kier molecular flexibility index (Phi) is 63.3. The second-order valence-electron chi connectivity index (χ2n) is 25.9. The van der Waals surface area contributed by atoms with Crippen LogP contribution < -0.4 is 10.2 Å². The van der Waals surface area contributed by atoms with Crippen molar-refractivity contribution in [3.63, 3.8) is 0 Å². The van der Waals surface area contributed by atoms with E-state index in [4.69, 9.17) is 9.05 Å². The number of phosphoric ester groups is 1. The lowest BCUT2D eigenvalue weighted by Gasteiger charge is -2.29. The molecule has 1 amide bonds. The van der Waals surface area contributed by atoms with Gasteiger partial charge in [0.25, 0.3) is 7.82 Å². The highest BCUT2D eigenvalue weighted by Gasteiger charge is 2.23. The van der Waals surface area contributed by atoms with Crippen LogP contribution in [0.15, 0.2) is 60.8 Å². The van der Waals surface area contributed by atoms with E-state index in [9.17, 15) is 19.4 Å². The Morgan fingerprint density at radius 3 is 1.07 bits per heavy atom. The average Bonchev–Trinajstić information content (AvgIpc) is 3.50. The molecule has 83 heavy (non-hydrogen) atoms. The number of quaternary nitrogens is 1. The van der Waals surface area contributed by atoms with E-state index in [0.29, 0.717) is 17.4 Å². The van der Waals surface area contributed by atoms with Crippen LogP contribution in [0.5, 0.6) is 0 Å². The number of hydrogen-bond acceptors (Lipinski definition) is 6. The van der Waals surface area contributed by atoms with Crippen LogP contribution in [0.3, 0.4) is 0 Å². The predicted molar refractivity (Wildman–Crippen MR) is 362 cm³/mol. The fourth-order valence-corrected chi connectivity index (χ4v) is 11.6. The number of hydrogen-bond donors (Lipinski definition) is 2. The molecule has 3 atom stereocenters. The van der Waals surface area contributed by atoms with Gasteiger partial charge in [-0.3, -0.25) is 9.36 Å². The lowest BCUT2D eigenvalue weighted by atomic mass is 10.0. The number of carbonyl (C=O) groups excluding carboxylic acids is 1. The smallest absolute Gasteiger partial charge is 0.268 e. The second kappa shape index (κ2) is 64.7. The van der Waals surface area contributed by atoms with Crippen molar-refractivity contribution in [2.24, 2.45) is 0 Å². The Morgan fingerprint density at radius 1 is 0.434 bits per heavy atom. The van der Waals surface area contributed by atoms with Crippen LogP contribution in [0.25, 0.3) is 0 Å². The zero-order valence-electron chi connectivity index (χ0n) is 55.9. The molecule has 0 aromatic heterocycles. The van der Waals surface area contributed by atoms with Gasteiger partial charge in [0.2, 0.25) is 5.91 Å². The van der Waals surface area contributed by atoms with Gasteiger partial charge in [0.05, 0.1) is 39.9 Å². The van der Waals surface area contributed by atoms with Crippen molar-refractivity contribution in [1.82, 2.24) is 5.32 Å². The van der Waals surface area contributed by atoms with Crippen LogP contribution in [0.2, 0.25) is 0 Å². The molecule has 0 rings (SSSR count). The first kappa shape index (κ1) is 81.2. The molecular formula is C74H141N2O6P. The maximum Gasteiger partial charge on any atom is 0.268 e. The molecule has 8 nitrogen and oxygen atoms in total. The second-order valence-corrected chi connectivity index (χ2v) is 27.3. The summed E-state index contributed by atoms with van der Waals surface area (Å²) in [5.74, 6) is -0.190. The average molecular weight is 1190 g/mol. The van der Waals surface area contributed by atoms with Gasteiger partial charge in [-0.2, -0.15) is 0 Å². The minimum absolute atomic E-state index is 0.000490. The summed E-state index contributed by atoms with van der Waals surface area (Å²) in [6.45, 7) is 4.59. The molecule has 2 N–H and O–H groups in total. The Bertz CT molecular complexity index is 1540. The van der Waals surface area contributed by atoms with Crippen LogP contribution in [-0.4, -0.2) is 68.5 Å². The number of nitrogens with one attached hydrogen (secondary N) is 1. The van der Waals surface area contributed by atoms with Crippen molar-refractivity contribution in [3.05, 3.63) is 60.8 Å². The Morgan fingerprint density at radius 2 is 0.735 bits per heavy atom. The zero-order chi connectivity index (χ0) is 60.5. The van der Waals surface area contributed by atoms with Gasteiger partial charge >= 0.3 is 0 Å². The Labute approximate surface area is 517 Å². The fourth-order valence-electron chi connectivity index (χ4n) is 10.9. The van der Waals surface area contributed by atoms with Crippen LogP contribution in [0.1, 0.15) is 354 Å². The number of aliphatic hydroxyl groups excluding tert-OH is 1. The summed E-state index contributed by atoms with van der Waals surface area (Å²) < 4.78 is 23.5. The number of nitrogens with zero attached hydrogens (tertiary/aromatic N) is 1. The van der Waals surface area contributed by atoms with Gasteiger partial charge in [-0.05, 0) is 57.8 Å². The number of likely N-dealkylation sites (N-methyl/N-ethyl adjacent to an activating group) is 1. The molecular weight excluding hydrogens is 1040 g/mol. The van der Waals surface area contributed by atoms with Crippen LogP contribution in [0.4, 0.5) is 0 Å². The van der Waals surface area contributed by atoms with Crippen molar-refractivity contribution < 1.29 is 32.9 Å². The van der Waals surface area contributed by atoms with Crippen molar-refractivity contribution in [1.29, 1.82) is 0 Å². The molecule has 488 valence electrons. The highest BCUT2D eigenvalue weighted by Crippen LogP contribution is 2.38. The summed E-state index contributed by atoms with van der Waals surface area (Å²) in [5.41, 5.74) is 0. The monoisotopic (exact) mass is 1190 g/mol. The molecule has 0 aromatic carbocycles. The third kappa shape index (κ3) is 67.6. The van der Waals surface area contributed by atoms with Crippen LogP contribution in [-0.2, 0) is 18.4 Å². The molecule has 3 unspecified atom stereocenters. The zero-order valence-corrected chi connectivity index (χ0v) is 56.8. The van der Waals surface area contributed by atoms with Gasteiger partial charge in [-0.1, -0.05) is 351 Å². The molecule has 0 bridgehead atoms. The van der Waals surface area contributed by atoms with E-state index in [1.54, 1.807) is 6.08 Å². The van der Waals surface area contributed by atoms with E-state index in [1.807, 2.05) is 27.2 Å². The number of amides is 1. The number of allylic oxidation sites excluding steroid dienone is 9. The maximum absolute atomic E-state index is 13.0. The molecule has 0 fully saturated rings. The largest absolute Gasteiger partial charge is 0.756 e. The van der Waals surface area contributed by atoms with Crippen molar-refractivity contribution in [3.8, 4) is 0 Å². The molecule has 0 aliphatic heterocycles. The van der Waals surface area contributed by atoms with Gasteiger partial charge in [0, 0.05) is 6.42 Å². The molecule has 9 heteroatoms. The van der Waals surface area contributed by atoms with Gasteiger partial charge in [0.1, 0.15) is 13.2 Å². The molecule has 0 heterocycles. The molecule has 0 saturated heterocycles. The summed E-state index contributed by atoms with van der Waals surface area (Å²) in [4.78, 5) is 25.6. The van der Waals surface area contributed by atoms with Crippen molar-refractivity contribution in [2.75, 3.05) is 40.9 Å². The van der Waals surface area contributed by atoms with E-state index in [2.05, 4.69) is 67.8 Å². The number of phosphoric acid groups is 1. The number of aliphatic hydroxyl groups is 1. The minimum Gasteiger partial charge on any atom is -0.756 e. The highest BCUT2D eigenvalue weighted by molar-refractivity contribution is 7.45. The van der Waals surface area contributed by atoms with E-state index in [-0.39, 0.29) is 19.1 Å². The molecule has 0 aromatic rings. The van der Waals surface area contributed by atoms with E-state index >= 15 is 0 Å². The van der Waals surface area contributed by atoms with Gasteiger partial charge in [-0.15, -0.1) is 0 Å². The van der Waals surface area contributed by atoms with Gasteiger partial charge in [-0.25, -0.2) is 0 Å². The predicted octanol–water partition coefficient (Wildman–Crippen LogP) is 22.5. The molecule has 0 aliphatic carbocycles. The first-order valence-electron chi connectivity index (χ1n) is 36.2. The number of unbranched alkanes of at least 4 members (excludes halogenated alkanes) is 46. The fraction of sp³-hybridized carbons (Fsp3) is 0.851. The third-order valence-electron chi connectivity index (χ3n) is 16.5. The standard InChI is InChI=1S/C74H141N2O6P/c1-6-8-10-12-14-16-18-20-22-24-26-28-30-32-33-34-35-36-37-38-39-40-41-42-43-44-46-48-50-52-54-56-58-60-62-64-66-68-74(78)75-72(71-82-83(79,80)81-70-69-76(3,4)5)73(77)67-65-63-61-59-57-55-53-51-49-47-45-31-29-27-25-23-21-19-17-15-13-11-9-7-2/h8,10,14,16,20,22,26,28,65,67,72-73,77H,6-7,9,11-13,15,17-19,21,23-25,27,29-64,66,68-71H2,1-5H3,(H-,75,78,79,80)/b10-8-,16-14-,22-20-,28-26-,67-65+. The van der Waals surface area contributed by atoms with E-state index < -0.39 is 20.0 Å². The van der Waals surface area contributed by atoms with Gasteiger partial charge in [0.15, 0.2) is 0 Å². The summed E-state index contributed by atoms with van der Waals surface area (Å²) in [7, 11) is 1.28. The molecule has 0 saturated carbocycles. The topological polar surface area (TPSA) is 108 Å². The molecule has 0 spiro atoms. The lowest BCUT2D eigenvalue weighted by molar-refractivity contribution is -0.870. The SMILES string of the molecule is CC/C=C\C/C=C\C/C=C\C/C=C\CCCCCCCCCCCCCCCCCCCCCCCCCCC(=O)NC(COP(=O)([O-])OCC[N+](C)(C)C)C(O)/C=C/CCCCCCCCCCCCCCCCCCCCCCCC. The maximum atomic E-state index is 13.0. The number of carbonyl (C=O) groups is 1. The third-order valence-corrected chi connectivity index (χ3v) is 17.4. The van der Waals surface area contributed by atoms with Crippen LogP contribution >= 0.6 is 7.82 Å². The summed E-state index contributed by atoms with van der Waals surface area (Å²) in [5, 5.41) is 14.0. The Hall–Kier alpha value is -1.80. The first-order valence-corrected chi connectivity index (χ1v) is 37.6. The Balaban J connectivity index is 3.98. The summed E-state index contributed by atoms with van der Waals surface area (Å²) in [6.07, 6.45) is 89.3. The van der Waals surface area contributed by atoms with E-state index in [0.717, 1.165) is 64.2 Å². The normalized spacial score (nSPS) is 14.0. The van der Waals surface area contributed by atoms with Crippen molar-refractivity contribution in [2.45, 2.75) is 366 Å². The highest BCUT2D eigenvalue weighted by atomic mass is 31.2. The quantitative estimate of drug-likeness (QED) is 0.0272. The number of rotatable bonds is 67. The van der Waals surface area contributed by atoms with Crippen LogP contribution in [0, 0.1) is 0 Å².